The second kappa shape index (κ2) is 6.87. The predicted octanol–water partition coefficient (Wildman–Crippen LogP) is 6.23. The molecule has 1 aliphatic rings. The fraction of sp³-hybridized carbons (Fsp3) is 0.250. The van der Waals surface area contributed by atoms with Gasteiger partial charge in [0.25, 0.3) is 0 Å². The van der Waals surface area contributed by atoms with Gasteiger partial charge < -0.3 is 9.80 Å². The summed E-state index contributed by atoms with van der Waals surface area (Å²) < 4.78 is 0. The van der Waals surface area contributed by atoms with Gasteiger partial charge in [0, 0.05) is 18.4 Å². The Hall–Kier alpha value is -2.74. The molecule has 1 aliphatic heterocycles. The van der Waals surface area contributed by atoms with Crippen LogP contribution >= 0.6 is 0 Å². The van der Waals surface area contributed by atoms with Crippen LogP contribution < -0.4 is 9.80 Å². The second-order valence-corrected chi connectivity index (χ2v) is 6.97. The molecule has 0 fully saturated rings. The maximum absolute atomic E-state index is 2.45. The summed E-state index contributed by atoms with van der Waals surface area (Å²) in [6.07, 6.45) is 2.12. The molecule has 3 aromatic carbocycles. The van der Waals surface area contributed by atoms with E-state index in [0.29, 0.717) is 0 Å². The molecule has 3 aromatic rings. The van der Waals surface area contributed by atoms with E-state index in [1.807, 2.05) is 0 Å². The van der Waals surface area contributed by atoms with Crippen molar-refractivity contribution in [2.75, 3.05) is 16.8 Å². The lowest BCUT2D eigenvalue weighted by atomic mass is 10.1. The molecule has 1 heterocycles. The summed E-state index contributed by atoms with van der Waals surface area (Å²) in [4.78, 5) is 4.79. The molecule has 0 unspecified atom stereocenters. The highest BCUT2D eigenvalue weighted by Gasteiger charge is 2.23. The summed E-state index contributed by atoms with van der Waals surface area (Å²) in [5.41, 5.74) is 9.21. The molecule has 0 amide bonds. The van der Waals surface area contributed by atoms with E-state index in [4.69, 9.17) is 0 Å². The summed E-state index contributed by atoms with van der Waals surface area (Å²) in [5.74, 6) is 0. The Morgan fingerprint density at radius 1 is 0.731 bits per heavy atom. The summed E-state index contributed by atoms with van der Waals surface area (Å²) in [5, 5.41) is 0. The molecule has 0 N–H and O–H groups in total. The largest absolute Gasteiger partial charge is 0.343 e. The summed E-state index contributed by atoms with van der Waals surface area (Å²) >= 11 is 0. The lowest BCUT2D eigenvalue weighted by Gasteiger charge is -2.26. The topological polar surface area (TPSA) is 6.48 Å². The summed E-state index contributed by atoms with van der Waals surface area (Å²) in [6, 6.07) is 24.6. The van der Waals surface area contributed by atoms with Crippen LogP contribution in [0.3, 0.4) is 0 Å². The van der Waals surface area contributed by atoms with Gasteiger partial charge in [-0.05, 0) is 59.9 Å². The lowest BCUT2D eigenvalue weighted by Crippen LogP contribution is -2.16. The minimum absolute atomic E-state index is 0.883. The first kappa shape index (κ1) is 16.7. The Labute approximate surface area is 156 Å². The van der Waals surface area contributed by atoms with Crippen LogP contribution in [0.5, 0.6) is 0 Å². The van der Waals surface area contributed by atoms with Gasteiger partial charge in [-0.25, -0.2) is 0 Å². The van der Waals surface area contributed by atoms with Crippen LogP contribution in [0.15, 0.2) is 66.7 Å². The average molecular weight is 342 g/mol. The van der Waals surface area contributed by atoms with Gasteiger partial charge in [-0.2, -0.15) is 0 Å². The summed E-state index contributed by atoms with van der Waals surface area (Å²) in [7, 11) is 2.18. The number of aryl methyl sites for hydroxylation is 2. The highest BCUT2D eigenvalue weighted by molar-refractivity contribution is 5.84. The maximum Gasteiger partial charge on any atom is 0.0655 e. The molecule has 0 saturated carbocycles. The Balaban J connectivity index is 1.90. The number of hydrogen-bond acceptors (Lipinski definition) is 2. The third-order valence-corrected chi connectivity index (χ3v) is 5.41. The Kier molecular flexibility index (Phi) is 4.42. The van der Waals surface area contributed by atoms with E-state index in [1.54, 1.807) is 0 Å². The minimum Gasteiger partial charge on any atom is -0.343 e. The van der Waals surface area contributed by atoms with Crippen molar-refractivity contribution >= 4 is 22.7 Å². The van der Waals surface area contributed by atoms with Crippen molar-refractivity contribution < 1.29 is 0 Å². The first-order valence-electron chi connectivity index (χ1n) is 9.52. The fourth-order valence-corrected chi connectivity index (χ4v) is 3.81. The normalized spacial score (nSPS) is 13.2. The van der Waals surface area contributed by atoms with Crippen molar-refractivity contribution in [3.8, 4) is 0 Å². The standard InChI is InChI=1S/C24H26N2/c1-4-18-9-8-10-21(15-18)26-17-20-14-13-19(5-2)16-24(20)25(3)22-11-6-7-12-23(22)26/h6-16H,4-5,17H2,1-3H3. The van der Waals surface area contributed by atoms with Crippen molar-refractivity contribution in [1.82, 2.24) is 0 Å². The first-order chi connectivity index (χ1) is 12.7. The van der Waals surface area contributed by atoms with Gasteiger partial charge >= 0.3 is 0 Å². The molecular formula is C24H26N2. The van der Waals surface area contributed by atoms with Crippen LogP contribution in [-0.2, 0) is 19.4 Å². The smallest absolute Gasteiger partial charge is 0.0655 e. The van der Waals surface area contributed by atoms with Crippen LogP contribution in [0.2, 0.25) is 0 Å². The van der Waals surface area contributed by atoms with E-state index in [1.165, 1.54) is 39.4 Å². The number of anilines is 4. The molecular weight excluding hydrogens is 316 g/mol. The van der Waals surface area contributed by atoms with Crippen molar-refractivity contribution in [1.29, 1.82) is 0 Å². The maximum atomic E-state index is 2.45. The van der Waals surface area contributed by atoms with Crippen LogP contribution in [0.1, 0.15) is 30.5 Å². The predicted molar refractivity (Wildman–Crippen MR) is 112 cm³/mol. The van der Waals surface area contributed by atoms with Crippen molar-refractivity contribution in [2.24, 2.45) is 0 Å². The molecule has 26 heavy (non-hydrogen) atoms. The number of fused-ring (bicyclic) bond motifs is 2. The van der Waals surface area contributed by atoms with E-state index in [2.05, 4.69) is 97.4 Å². The van der Waals surface area contributed by atoms with Gasteiger partial charge in [-0.15, -0.1) is 0 Å². The molecule has 132 valence electrons. The zero-order chi connectivity index (χ0) is 18.1. The minimum atomic E-state index is 0.883. The molecule has 0 bridgehead atoms. The van der Waals surface area contributed by atoms with Gasteiger partial charge in [-0.3, -0.25) is 0 Å². The zero-order valence-electron chi connectivity index (χ0n) is 15.9. The van der Waals surface area contributed by atoms with Gasteiger partial charge in [0.05, 0.1) is 17.9 Å². The molecule has 0 spiro atoms. The monoisotopic (exact) mass is 342 g/mol. The third kappa shape index (κ3) is 2.86. The van der Waals surface area contributed by atoms with Crippen LogP contribution in [0.25, 0.3) is 0 Å². The zero-order valence-corrected chi connectivity index (χ0v) is 15.9. The van der Waals surface area contributed by atoms with Gasteiger partial charge in [0.2, 0.25) is 0 Å². The molecule has 2 nitrogen and oxygen atoms in total. The van der Waals surface area contributed by atoms with E-state index >= 15 is 0 Å². The Morgan fingerprint density at radius 2 is 1.46 bits per heavy atom. The number of benzene rings is 3. The van der Waals surface area contributed by atoms with Crippen molar-refractivity contribution in [2.45, 2.75) is 33.2 Å². The van der Waals surface area contributed by atoms with E-state index in [0.717, 1.165) is 19.4 Å². The van der Waals surface area contributed by atoms with Gasteiger partial charge in [0.15, 0.2) is 0 Å². The molecule has 4 rings (SSSR count). The highest BCUT2D eigenvalue weighted by Crippen LogP contribution is 2.43. The summed E-state index contributed by atoms with van der Waals surface area (Å²) in [6.45, 7) is 5.31. The van der Waals surface area contributed by atoms with E-state index < -0.39 is 0 Å². The highest BCUT2D eigenvalue weighted by atomic mass is 15.2. The van der Waals surface area contributed by atoms with Gasteiger partial charge in [0.1, 0.15) is 0 Å². The van der Waals surface area contributed by atoms with Gasteiger partial charge in [-0.1, -0.05) is 50.2 Å². The average Bonchev–Trinajstić information content (AvgIpc) is 2.83. The molecule has 0 radical (unpaired) electrons. The lowest BCUT2D eigenvalue weighted by molar-refractivity contribution is 0.980. The molecule has 0 aromatic heterocycles. The van der Waals surface area contributed by atoms with E-state index in [9.17, 15) is 0 Å². The Bertz CT molecular complexity index is 929. The van der Waals surface area contributed by atoms with Crippen LogP contribution in [0, 0.1) is 0 Å². The van der Waals surface area contributed by atoms with Crippen LogP contribution in [0.4, 0.5) is 22.7 Å². The van der Waals surface area contributed by atoms with Crippen LogP contribution in [-0.4, -0.2) is 7.05 Å². The number of para-hydroxylation sites is 2. The van der Waals surface area contributed by atoms with Crippen molar-refractivity contribution in [3.05, 3.63) is 83.4 Å². The second-order valence-electron chi connectivity index (χ2n) is 6.97. The quantitative estimate of drug-likeness (QED) is 0.556. The molecule has 2 heteroatoms. The Morgan fingerprint density at radius 3 is 2.23 bits per heavy atom. The fourth-order valence-electron chi connectivity index (χ4n) is 3.81. The van der Waals surface area contributed by atoms with Crippen molar-refractivity contribution in [3.63, 3.8) is 0 Å². The van der Waals surface area contributed by atoms with E-state index in [-0.39, 0.29) is 0 Å². The number of hydrogen-bond donors (Lipinski definition) is 0. The number of rotatable bonds is 3. The first-order valence-corrected chi connectivity index (χ1v) is 9.52. The molecule has 0 aliphatic carbocycles. The molecule has 0 saturated heterocycles. The molecule has 0 atom stereocenters. The SMILES string of the molecule is CCc1cccc(N2Cc3ccc(CC)cc3N(C)c3ccccc32)c1. The third-order valence-electron chi connectivity index (χ3n) is 5.41. The number of nitrogens with zero attached hydrogens (tertiary/aromatic N) is 2.